The van der Waals surface area contributed by atoms with Crippen molar-refractivity contribution in [3.8, 4) is 0 Å². The van der Waals surface area contributed by atoms with Crippen LogP contribution in [0.1, 0.15) is 30.0 Å². The zero-order valence-electron chi connectivity index (χ0n) is 23.6. The Balaban J connectivity index is 1.72. The fraction of sp³-hybridized carbons (Fsp3) is 0.375. The van der Waals surface area contributed by atoms with E-state index in [4.69, 9.17) is 14.2 Å². The van der Waals surface area contributed by atoms with Crippen LogP contribution in [0.2, 0.25) is 0 Å². The number of hydrogen-bond acceptors (Lipinski definition) is 7. The van der Waals surface area contributed by atoms with Gasteiger partial charge in [0.15, 0.2) is 18.4 Å². The number of alkyl halides is 3. The molecule has 0 amide bonds. The Kier molecular flexibility index (Phi) is 10.9. The molecule has 0 radical (unpaired) electrons. The monoisotopic (exact) mass is 601 g/mol. The van der Waals surface area contributed by atoms with E-state index >= 15 is 0 Å². The number of halogens is 3. The summed E-state index contributed by atoms with van der Waals surface area (Å²) in [4.78, 5) is 12.5. The number of hydrogen-bond donors (Lipinski definition) is 1. The predicted octanol–water partition coefficient (Wildman–Crippen LogP) is 4.95. The number of aliphatic hydroxyl groups is 1. The Morgan fingerprint density at radius 1 is 0.837 bits per heavy atom. The van der Waals surface area contributed by atoms with Crippen LogP contribution >= 0.6 is 0 Å². The third kappa shape index (κ3) is 8.20. The third-order valence-electron chi connectivity index (χ3n) is 7.04. The number of esters is 1. The Hall–Kier alpha value is -3.77. The molecule has 0 aliphatic carbocycles. The van der Waals surface area contributed by atoms with Gasteiger partial charge in [0.05, 0.1) is 32.8 Å². The van der Waals surface area contributed by atoms with E-state index in [0.717, 1.165) is 11.1 Å². The van der Waals surface area contributed by atoms with Crippen LogP contribution in [0.4, 0.5) is 13.2 Å². The number of carbonyl (C=O) groups excluding carboxylic acids is 1. The largest absolute Gasteiger partial charge is 0.624 e. The molecule has 3 aromatic carbocycles. The van der Waals surface area contributed by atoms with Crippen molar-refractivity contribution >= 4 is 11.7 Å². The third-order valence-corrected chi connectivity index (χ3v) is 7.04. The molecular formula is C32H34F3NO7. The van der Waals surface area contributed by atoms with Gasteiger partial charge in [-0.3, -0.25) is 0 Å². The first-order chi connectivity index (χ1) is 20.6. The van der Waals surface area contributed by atoms with Crippen molar-refractivity contribution in [3.05, 3.63) is 113 Å². The molecule has 0 saturated carbocycles. The first kappa shape index (κ1) is 32.2. The summed E-state index contributed by atoms with van der Waals surface area (Å²) in [6, 6.07) is 27.1. The van der Waals surface area contributed by atoms with Crippen molar-refractivity contribution in [1.82, 2.24) is 0 Å². The maximum absolute atomic E-state index is 14.2. The normalized spacial score (nSPS) is 20.4. The minimum Gasteiger partial charge on any atom is -0.624 e. The average molecular weight is 602 g/mol. The lowest BCUT2D eigenvalue weighted by molar-refractivity contribution is -0.490. The molecule has 3 aromatic rings. The van der Waals surface area contributed by atoms with Gasteiger partial charge in [-0.05, 0) is 23.6 Å². The van der Waals surface area contributed by atoms with Crippen LogP contribution in [0.5, 0.6) is 0 Å². The molecule has 1 aliphatic rings. The van der Waals surface area contributed by atoms with Crippen molar-refractivity contribution in [2.24, 2.45) is 0 Å². The number of carbonyl (C=O) groups is 1. The van der Waals surface area contributed by atoms with Crippen molar-refractivity contribution < 1.29 is 46.8 Å². The van der Waals surface area contributed by atoms with Crippen molar-refractivity contribution in [2.45, 2.75) is 63.3 Å². The molecule has 230 valence electrons. The summed E-state index contributed by atoms with van der Waals surface area (Å²) < 4.78 is 66.0. The van der Waals surface area contributed by atoms with Crippen molar-refractivity contribution in [1.29, 1.82) is 0 Å². The molecule has 1 N–H and O–H groups in total. The first-order valence-corrected chi connectivity index (χ1v) is 13.9. The van der Waals surface area contributed by atoms with Crippen molar-refractivity contribution in [2.75, 3.05) is 13.2 Å². The van der Waals surface area contributed by atoms with Crippen LogP contribution in [0.25, 0.3) is 0 Å². The maximum atomic E-state index is 14.2. The average Bonchev–Trinajstić information content (AvgIpc) is 3.00. The van der Waals surface area contributed by atoms with E-state index in [1.54, 1.807) is 30.3 Å². The summed E-state index contributed by atoms with van der Waals surface area (Å²) in [5.74, 6) is -1.91. The van der Waals surface area contributed by atoms with Gasteiger partial charge in [0.1, 0.15) is 12.2 Å². The Morgan fingerprint density at radius 2 is 1.30 bits per heavy atom. The molecule has 43 heavy (non-hydrogen) atoms. The zero-order valence-corrected chi connectivity index (χ0v) is 23.6. The fourth-order valence-corrected chi connectivity index (χ4v) is 4.74. The predicted molar refractivity (Wildman–Crippen MR) is 151 cm³/mol. The van der Waals surface area contributed by atoms with Gasteiger partial charge in [0, 0.05) is 0 Å². The summed E-state index contributed by atoms with van der Waals surface area (Å²) in [7, 11) is 0. The molecular weight excluding hydrogens is 567 g/mol. The highest BCUT2D eigenvalue weighted by Gasteiger charge is 2.64. The van der Waals surface area contributed by atoms with E-state index in [0.29, 0.717) is 10.3 Å². The molecule has 0 spiro atoms. The van der Waals surface area contributed by atoms with Crippen molar-refractivity contribution in [3.63, 3.8) is 0 Å². The van der Waals surface area contributed by atoms with Crippen LogP contribution in [0.15, 0.2) is 91.0 Å². The first-order valence-electron chi connectivity index (χ1n) is 13.9. The minimum atomic E-state index is -5.45. The van der Waals surface area contributed by atoms with Crippen LogP contribution in [0, 0.1) is 5.21 Å². The van der Waals surface area contributed by atoms with Gasteiger partial charge in [0.2, 0.25) is 0 Å². The minimum absolute atomic E-state index is 0.0372. The second-order valence-electron chi connectivity index (χ2n) is 10.1. The van der Waals surface area contributed by atoms with Crippen LogP contribution in [-0.4, -0.2) is 64.8 Å². The van der Waals surface area contributed by atoms with Gasteiger partial charge in [-0.2, -0.15) is 13.2 Å². The molecule has 0 saturated heterocycles. The number of rotatable bonds is 13. The highest BCUT2D eigenvalue weighted by molar-refractivity contribution is 5.93. The van der Waals surface area contributed by atoms with Gasteiger partial charge in [-0.25, -0.2) is 9.53 Å². The second-order valence-corrected chi connectivity index (χ2v) is 10.1. The molecule has 1 unspecified atom stereocenters. The number of nitrogens with zero attached hydrogens (tertiary/aromatic N) is 1. The molecule has 0 bridgehead atoms. The van der Waals surface area contributed by atoms with Gasteiger partial charge >= 0.3 is 12.1 Å². The Labute approximate surface area is 247 Å². The summed E-state index contributed by atoms with van der Waals surface area (Å²) in [6.07, 6.45) is -10.3. The van der Waals surface area contributed by atoms with E-state index in [-0.39, 0.29) is 19.8 Å². The van der Waals surface area contributed by atoms with E-state index in [9.17, 15) is 28.3 Å². The maximum Gasteiger partial charge on any atom is 0.428 e. The topological polar surface area (TPSA) is 100 Å². The quantitative estimate of drug-likeness (QED) is 0.168. The van der Waals surface area contributed by atoms with E-state index in [2.05, 4.69) is 4.74 Å². The lowest BCUT2D eigenvalue weighted by Crippen LogP contribution is -2.61. The molecule has 0 fully saturated rings. The fourth-order valence-electron chi connectivity index (χ4n) is 4.74. The lowest BCUT2D eigenvalue weighted by atomic mass is 9.88. The smallest absolute Gasteiger partial charge is 0.428 e. The van der Waals surface area contributed by atoms with E-state index in [1.807, 2.05) is 60.7 Å². The molecule has 1 heterocycles. The van der Waals surface area contributed by atoms with Crippen LogP contribution in [0.3, 0.4) is 0 Å². The Morgan fingerprint density at radius 3 is 1.77 bits per heavy atom. The summed E-state index contributed by atoms with van der Waals surface area (Å²) in [5.41, 5.74) is -2.23. The highest BCUT2D eigenvalue weighted by atomic mass is 19.4. The van der Waals surface area contributed by atoms with Gasteiger partial charge in [-0.15, -0.1) is 0 Å². The molecule has 0 aromatic heterocycles. The van der Waals surface area contributed by atoms with Crippen LogP contribution < -0.4 is 0 Å². The van der Waals surface area contributed by atoms with E-state index < -0.39 is 61.3 Å². The number of benzene rings is 3. The number of hydroxylamine groups is 1. The van der Waals surface area contributed by atoms with Gasteiger partial charge in [-0.1, -0.05) is 91.0 Å². The van der Waals surface area contributed by atoms with Crippen LogP contribution in [-0.2, 0) is 43.6 Å². The molecule has 8 nitrogen and oxygen atoms in total. The van der Waals surface area contributed by atoms with E-state index in [1.165, 1.54) is 6.92 Å². The zero-order chi connectivity index (χ0) is 30.9. The Bertz CT molecular complexity index is 1340. The summed E-state index contributed by atoms with van der Waals surface area (Å²) >= 11 is 0. The standard InChI is InChI=1S/C32H34F3NO7/c1-2-40-30(37)31(38,32(33,34)35)18-26-28(42-21-24-14-8-4-9-15-24)29(43-22-25-16-10-5-11-17-25)27(19-36(26)39)41-20-23-12-6-3-7-13-23/h3-17,27-29,38H,2,18-22H2,1H3/t27-,28-,29-,31?/m1/s1. The highest BCUT2D eigenvalue weighted by Crippen LogP contribution is 2.37. The van der Waals surface area contributed by atoms with Gasteiger partial charge in [0.25, 0.3) is 5.60 Å². The molecule has 1 aliphatic heterocycles. The SMILES string of the molecule is CCOC(=O)C(O)(CC1=[N+]([O-])C[C@@H](OCc2ccccc2)[C@@H](OCc2ccccc2)[C@@H]1OCc1ccccc1)C(F)(F)F. The molecule has 4 rings (SSSR count). The number of ether oxygens (including phenoxy) is 4. The lowest BCUT2D eigenvalue weighted by Gasteiger charge is -2.38. The molecule has 4 atom stereocenters. The molecule has 11 heteroatoms. The summed E-state index contributed by atoms with van der Waals surface area (Å²) in [5, 5.41) is 24.2. The van der Waals surface area contributed by atoms with Gasteiger partial charge < -0.3 is 29.3 Å². The second kappa shape index (κ2) is 14.6. The summed E-state index contributed by atoms with van der Waals surface area (Å²) in [6.45, 7) is 0.527.